The molecule has 0 bridgehead atoms. The minimum atomic E-state index is -0.308. The molecule has 1 atom stereocenters. The van der Waals surface area contributed by atoms with Gasteiger partial charge in [-0.15, -0.1) is 0 Å². The molecule has 0 radical (unpaired) electrons. The smallest absolute Gasteiger partial charge is 0.306 e. The zero-order valence-electron chi connectivity index (χ0n) is 14.2. The van der Waals surface area contributed by atoms with Gasteiger partial charge in [-0.2, -0.15) is 0 Å². The molecule has 0 aliphatic heterocycles. The minimum absolute atomic E-state index is 0.0143. The fraction of sp³-hybridized carbons (Fsp3) is 0.882. The van der Waals surface area contributed by atoms with Crippen molar-refractivity contribution in [1.82, 2.24) is 0 Å². The Kier molecular flexibility index (Phi) is 12.0. The number of esters is 2. The first-order valence-electron chi connectivity index (χ1n) is 8.34. The summed E-state index contributed by atoms with van der Waals surface area (Å²) >= 11 is 0. The van der Waals surface area contributed by atoms with E-state index in [0.29, 0.717) is 12.5 Å². The van der Waals surface area contributed by atoms with Crippen LogP contribution in [-0.4, -0.2) is 24.6 Å². The van der Waals surface area contributed by atoms with Crippen molar-refractivity contribution in [2.45, 2.75) is 85.2 Å². The Morgan fingerprint density at radius 2 is 1.62 bits per heavy atom. The van der Waals surface area contributed by atoms with Gasteiger partial charge in [0.2, 0.25) is 0 Å². The van der Waals surface area contributed by atoms with E-state index in [4.69, 9.17) is 9.47 Å². The molecule has 0 fully saturated rings. The summed E-state index contributed by atoms with van der Waals surface area (Å²) in [4.78, 5) is 23.2. The molecule has 0 aliphatic rings. The third kappa shape index (κ3) is 12.4. The van der Waals surface area contributed by atoms with Crippen molar-refractivity contribution >= 4 is 11.9 Å². The molecule has 0 aliphatic carbocycles. The molecule has 0 spiro atoms. The van der Waals surface area contributed by atoms with Crippen molar-refractivity contribution in [1.29, 1.82) is 0 Å². The van der Waals surface area contributed by atoms with E-state index in [1.807, 2.05) is 6.92 Å². The van der Waals surface area contributed by atoms with E-state index in [1.165, 1.54) is 0 Å². The molecule has 4 nitrogen and oxygen atoms in total. The second-order valence-electron chi connectivity index (χ2n) is 5.92. The summed E-state index contributed by atoms with van der Waals surface area (Å²) in [5.74, 6) is 0.0159. The molecule has 1 unspecified atom stereocenters. The first-order valence-corrected chi connectivity index (χ1v) is 8.34. The van der Waals surface area contributed by atoms with Crippen molar-refractivity contribution in [2.75, 3.05) is 6.61 Å². The first-order chi connectivity index (χ1) is 9.99. The van der Waals surface area contributed by atoms with Crippen molar-refractivity contribution < 1.29 is 19.1 Å². The minimum Gasteiger partial charge on any atom is -0.466 e. The third-order valence-corrected chi connectivity index (χ3v) is 3.36. The van der Waals surface area contributed by atoms with E-state index >= 15 is 0 Å². The summed E-state index contributed by atoms with van der Waals surface area (Å²) in [6, 6.07) is 0. The Morgan fingerprint density at radius 3 is 2.19 bits per heavy atom. The van der Waals surface area contributed by atoms with Crippen LogP contribution in [0.3, 0.4) is 0 Å². The maximum absolute atomic E-state index is 11.7. The highest BCUT2D eigenvalue weighted by molar-refractivity contribution is 5.77. The Hall–Kier alpha value is -1.06. The van der Waals surface area contributed by atoms with Crippen molar-refractivity contribution in [3.8, 4) is 0 Å². The molecule has 0 aromatic heterocycles. The SMILES string of the molecule is CCCCC(CC)OC(=O)CCC(=O)OCCCC(C)C. The van der Waals surface area contributed by atoms with Gasteiger partial charge in [0.1, 0.15) is 6.10 Å². The number of carbonyl (C=O) groups excluding carboxylic acids is 2. The lowest BCUT2D eigenvalue weighted by molar-refractivity contribution is -0.154. The maximum atomic E-state index is 11.7. The highest BCUT2D eigenvalue weighted by Gasteiger charge is 2.14. The predicted octanol–water partition coefficient (Wildman–Crippen LogP) is 4.26. The van der Waals surface area contributed by atoms with E-state index in [1.54, 1.807) is 0 Å². The van der Waals surface area contributed by atoms with Gasteiger partial charge in [-0.1, -0.05) is 40.5 Å². The topological polar surface area (TPSA) is 52.6 Å². The van der Waals surface area contributed by atoms with Gasteiger partial charge in [-0.05, 0) is 31.6 Å². The van der Waals surface area contributed by atoms with Gasteiger partial charge in [-0.25, -0.2) is 0 Å². The number of hydrogen-bond acceptors (Lipinski definition) is 4. The molecule has 0 aromatic carbocycles. The van der Waals surface area contributed by atoms with Crippen LogP contribution in [0.4, 0.5) is 0 Å². The lowest BCUT2D eigenvalue weighted by Gasteiger charge is -2.15. The van der Waals surface area contributed by atoms with Gasteiger partial charge in [-0.3, -0.25) is 9.59 Å². The second kappa shape index (κ2) is 12.7. The van der Waals surface area contributed by atoms with Crippen LogP contribution in [0, 0.1) is 5.92 Å². The van der Waals surface area contributed by atoms with E-state index < -0.39 is 0 Å². The van der Waals surface area contributed by atoms with Crippen LogP contribution < -0.4 is 0 Å². The molecule has 21 heavy (non-hydrogen) atoms. The standard InChI is InChI=1S/C17H32O4/c1-5-7-10-15(6-2)21-17(19)12-11-16(18)20-13-8-9-14(3)4/h14-15H,5-13H2,1-4H3. The molecule has 0 saturated heterocycles. The summed E-state index contributed by atoms with van der Waals surface area (Å²) < 4.78 is 10.5. The van der Waals surface area contributed by atoms with Gasteiger partial charge in [0, 0.05) is 0 Å². The summed E-state index contributed by atoms with van der Waals surface area (Å²) in [6.07, 6.45) is 6.02. The second-order valence-corrected chi connectivity index (χ2v) is 5.92. The van der Waals surface area contributed by atoms with E-state index in [-0.39, 0.29) is 30.9 Å². The van der Waals surface area contributed by atoms with Gasteiger partial charge in [0.15, 0.2) is 0 Å². The predicted molar refractivity (Wildman–Crippen MR) is 84.0 cm³/mol. The van der Waals surface area contributed by atoms with Crippen LogP contribution in [0.5, 0.6) is 0 Å². The van der Waals surface area contributed by atoms with Crippen LogP contribution in [0.1, 0.15) is 79.1 Å². The van der Waals surface area contributed by atoms with Crippen molar-refractivity contribution in [2.24, 2.45) is 5.92 Å². The Balaban J connectivity index is 3.73. The molecule has 0 aromatic rings. The van der Waals surface area contributed by atoms with E-state index in [0.717, 1.165) is 38.5 Å². The normalized spacial score (nSPS) is 12.2. The summed E-state index contributed by atoms with van der Waals surface area (Å²) in [6.45, 7) is 8.85. The van der Waals surface area contributed by atoms with Crippen LogP contribution in [-0.2, 0) is 19.1 Å². The van der Waals surface area contributed by atoms with Crippen molar-refractivity contribution in [3.05, 3.63) is 0 Å². The van der Waals surface area contributed by atoms with Gasteiger partial charge in [0.25, 0.3) is 0 Å². The molecular weight excluding hydrogens is 268 g/mol. The summed E-state index contributed by atoms with van der Waals surface area (Å²) in [7, 11) is 0. The molecule has 124 valence electrons. The van der Waals surface area contributed by atoms with Crippen LogP contribution in [0.25, 0.3) is 0 Å². The van der Waals surface area contributed by atoms with Gasteiger partial charge in [0.05, 0.1) is 19.4 Å². The molecule has 0 saturated carbocycles. The number of ether oxygens (including phenoxy) is 2. The zero-order chi connectivity index (χ0) is 16.1. The molecular formula is C17H32O4. The highest BCUT2D eigenvalue weighted by atomic mass is 16.5. The monoisotopic (exact) mass is 300 g/mol. The highest BCUT2D eigenvalue weighted by Crippen LogP contribution is 2.10. The van der Waals surface area contributed by atoms with Crippen molar-refractivity contribution in [3.63, 3.8) is 0 Å². The lowest BCUT2D eigenvalue weighted by Crippen LogP contribution is -2.18. The molecule has 0 N–H and O–H groups in total. The lowest BCUT2D eigenvalue weighted by atomic mass is 10.1. The molecule has 0 heterocycles. The number of hydrogen-bond donors (Lipinski definition) is 0. The van der Waals surface area contributed by atoms with Gasteiger partial charge < -0.3 is 9.47 Å². The molecule has 0 rings (SSSR count). The number of unbranched alkanes of at least 4 members (excludes halogenated alkanes) is 1. The first kappa shape index (κ1) is 19.9. The number of rotatable bonds is 12. The quantitative estimate of drug-likeness (QED) is 0.399. The molecule has 0 amide bonds. The average Bonchev–Trinajstić information content (AvgIpc) is 2.45. The Labute approximate surface area is 129 Å². The summed E-state index contributed by atoms with van der Waals surface area (Å²) in [5, 5.41) is 0. The molecule has 4 heteroatoms. The number of carbonyl (C=O) groups is 2. The van der Waals surface area contributed by atoms with Gasteiger partial charge >= 0.3 is 11.9 Å². The van der Waals surface area contributed by atoms with E-state index in [9.17, 15) is 9.59 Å². The fourth-order valence-corrected chi connectivity index (χ4v) is 1.98. The Morgan fingerprint density at radius 1 is 0.952 bits per heavy atom. The maximum Gasteiger partial charge on any atom is 0.306 e. The van der Waals surface area contributed by atoms with E-state index in [2.05, 4.69) is 20.8 Å². The third-order valence-electron chi connectivity index (χ3n) is 3.36. The summed E-state index contributed by atoms with van der Waals surface area (Å²) in [5.41, 5.74) is 0. The fourth-order valence-electron chi connectivity index (χ4n) is 1.98. The average molecular weight is 300 g/mol. The largest absolute Gasteiger partial charge is 0.466 e. The van der Waals surface area contributed by atoms with Crippen LogP contribution in [0.2, 0.25) is 0 Å². The van der Waals surface area contributed by atoms with Crippen LogP contribution >= 0.6 is 0 Å². The van der Waals surface area contributed by atoms with Crippen LogP contribution in [0.15, 0.2) is 0 Å². The zero-order valence-corrected chi connectivity index (χ0v) is 14.2. The Bertz CT molecular complexity index is 287.